The van der Waals surface area contributed by atoms with Crippen molar-refractivity contribution < 1.29 is 18.0 Å². The van der Waals surface area contributed by atoms with E-state index in [1.807, 2.05) is 38.1 Å². The Labute approximate surface area is 227 Å². The van der Waals surface area contributed by atoms with E-state index in [0.29, 0.717) is 5.69 Å². The highest BCUT2D eigenvalue weighted by Crippen LogP contribution is 2.24. The fourth-order valence-corrected chi connectivity index (χ4v) is 5.60. The molecule has 0 aliphatic rings. The summed E-state index contributed by atoms with van der Waals surface area (Å²) in [6.45, 7) is 5.20. The second-order valence-electron chi connectivity index (χ2n) is 8.81. The summed E-state index contributed by atoms with van der Waals surface area (Å²) in [5.74, 6) is -0.787. The Bertz CT molecular complexity index is 1300. The van der Waals surface area contributed by atoms with Gasteiger partial charge in [0.25, 0.3) is 10.0 Å². The molecule has 196 valence electrons. The van der Waals surface area contributed by atoms with E-state index in [1.165, 1.54) is 17.0 Å². The van der Waals surface area contributed by atoms with Gasteiger partial charge in [0.15, 0.2) is 0 Å². The number of sulfonamides is 1. The lowest BCUT2D eigenvalue weighted by Crippen LogP contribution is -2.52. The van der Waals surface area contributed by atoms with Crippen molar-refractivity contribution in [2.75, 3.05) is 10.8 Å². The van der Waals surface area contributed by atoms with Gasteiger partial charge in [0, 0.05) is 17.1 Å². The van der Waals surface area contributed by atoms with Gasteiger partial charge in [-0.2, -0.15) is 0 Å². The van der Waals surface area contributed by atoms with Crippen LogP contribution in [0.4, 0.5) is 5.69 Å². The number of rotatable bonds is 11. The summed E-state index contributed by atoms with van der Waals surface area (Å²) in [6.07, 6.45) is 0.745. The highest BCUT2D eigenvalue weighted by molar-refractivity contribution is 9.10. The van der Waals surface area contributed by atoms with E-state index in [1.54, 1.807) is 55.5 Å². The van der Waals surface area contributed by atoms with Crippen molar-refractivity contribution in [3.63, 3.8) is 0 Å². The molecule has 0 saturated heterocycles. The van der Waals surface area contributed by atoms with Crippen LogP contribution < -0.4 is 9.62 Å². The molecule has 0 aliphatic heterocycles. The maximum absolute atomic E-state index is 13.8. The molecule has 7 nitrogen and oxygen atoms in total. The number of amides is 2. The van der Waals surface area contributed by atoms with Gasteiger partial charge >= 0.3 is 0 Å². The lowest BCUT2D eigenvalue weighted by atomic mass is 10.1. The van der Waals surface area contributed by atoms with Crippen molar-refractivity contribution in [3.8, 4) is 0 Å². The SMILES string of the molecule is CCC(C)NC(=O)C(C)N(Cc1cccc(Br)c1)C(=O)CN(c1ccccc1)S(=O)(=O)c1ccccc1. The normalized spacial score (nSPS) is 12.9. The molecule has 2 unspecified atom stereocenters. The van der Waals surface area contributed by atoms with Crippen LogP contribution in [0.5, 0.6) is 0 Å². The number of carbonyl (C=O) groups is 2. The van der Waals surface area contributed by atoms with Crippen molar-refractivity contribution in [1.29, 1.82) is 0 Å². The highest BCUT2D eigenvalue weighted by Gasteiger charge is 2.32. The predicted octanol–water partition coefficient (Wildman–Crippen LogP) is 4.98. The summed E-state index contributed by atoms with van der Waals surface area (Å²) in [5.41, 5.74) is 1.17. The minimum Gasteiger partial charge on any atom is -0.352 e. The molecule has 0 aliphatic carbocycles. The first kappa shape index (κ1) is 28.4. The molecular weight excluding hydrogens is 554 g/mol. The second-order valence-corrected chi connectivity index (χ2v) is 11.6. The first-order chi connectivity index (χ1) is 17.6. The molecule has 0 fully saturated rings. The van der Waals surface area contributed by atoms with Gasteiger partial charge in [0.05, 0.1) is 10.6 Å². The van der Waals surface area contributed by atoms with Crippen LogP contribution in [0.25, 0.3) is 0 Å². The monoisotopic (exact) mass is 585 g/mol. The summed E-state index contributed by atoms with van der Waals surface area (Å²) < 4.78 is 29.2. The van der Waals surface area contributed by atoms with E-state index in [-0.39, 0.29) is 23.4 Å². The highest BCUT2D eigenvalue weighted by atomic mass is 79.9. The van der Waals surface area contributed by atoms with E-state index >= 15 is 0 Å². The Hall–Kier alpha value is -3.17. The van der Waals surface area contributed by atoms with Gasteiger partial charge in [0.2, 0.25) is 11.8 Å². The van der Waals surface area contributed by atoms with Crippen LogP contribution >= 0.6 is 15.9 Å². The Morgan fingerprint density at radius 2 is 1.54 bits per heavy atom. The van der Waals surface area contributed by atoms with Crippen LogP contribution in [0.15, 0.2) is 94.3 Å². The smallest absolute Gasteiger partial charge is 0.264 e. The van der Waals surface area contributed by atoms with Crippen molar-refractivity contribution in [1.82, 2.24) is 10.2 Å². The van der Waals surface area contributed by atoms with Crippen LogP contribution in [0.1, 0.15) is 32.8 Å². The van der Waals surface area contributed by atoms with Gasteiger partial charge in [-0.05, 0) is 62.2 Å². The third-order valence-corrected chi connectivity index (χ3v) is 8.35. The number of hydrogen-bond acceptors (Lipinski definition) is 4. The molecule has 9 heteroatoms. The number of halogens is 1. The Balaban J connectivity index is 1.99. The van der Waals surface area contributed by atoms with Gasteiger partial charge < -0.3 is 10.2 Å². The fourth-order valence-electron chi connectivity index (χ4n) is 3.72. The topological polar surface area (TPSA) is 86.8 Å². The van der Waals surface area contributed by atoms with E-state index < -0.39 is 28.5 Å². The lowest BCUT2D eigenvalue weighted by molar-refractivity contribution is -0.139. The average Bonchev–Trinajstić information content (AvgIpc) is 2.90. The van der Waals surface area contributed by atoms with Gasteiger partial charge in [-0.1, -0.05) is 71.4 Å². The Morgan fingerprint density at radius 3 is 2.14 bits per heavy atom. The van der Waals surface area contributed by atoms with Gasteiger partial charge in [-0.25, -0.2) is 8.42 Å². The molecule has 0 bridgehead atoms. The number of para-hydroxylation sites is 1. The molecule has 1 N–H and O–H groups in total. The number of hydrogen-bond donors (Lipinski definition) is 1. The van der Waals surface area contributed by atoms with Crippen LogP contribution in [-0.2, 0) is 26.2 Å². The number of nitrogens with zero attached hydrogens (tertiary/aromatic N) is 2. The van der Waals surface area contributed by atoms with Gasteiger partial charge in [-0.3, -0.25) is 13.9 Å². The summed E-state index contributed by atoms with van der Waals surface area (Å²) in [6, 6.07) is 23.1. The van der Waals surface area contributed by atoms with Gasteiger partial charge in [0.1, 0.15) is 12.6 Å². The predicted molar refractivity (Wildman–Crippen MR) is 149 cm³/mol. The zero-order valence-corrected chi connectivity index (χ0v) is 23.6. The molecule has 3 rings (SSSR count). The molecule has 0 radical (unpaired) electrons. The van der Waals surface area contributed by atoms with Gasteiger partial charge in [-0.15, -0.1) is 0 Å². The first-order valence-electron chi connectivity index (χ1n) is 12.1. The molecule has 0 aromatic heterocycles. The minimum atomic E-state index is -4.05. The molecule has 3 aromatic rings. The van der Waals surface area contributed by atoms with E-state index in [2.05, 4.69) is 21.2 Å². The number of benzene rings is 3. The molecule has 0 spiro atoms. The number of carbonyl (C=O) groups excluding carboxylic acids is 2. The molecule has 3 aromatic carbocycles. The summed E-state index contributed by atoms with van der Waals surface area (Å²) >= 11 is 3.45. The van der Waals surface area contributed by atoms with E-state index in [0.717, 1.165) is 20.8 Å². The quantitative estimate of drug-likeness (QED) is 0.344. The van der Waals surface area contributed by atoms with E-state index in [9.17, 15) is 18.0 Å². The van der Waals surface area contributed by atoms with Crippen LogP contribution in [0.3, 0.4) is 0 Å². The molecular formula is C28H32BrN3O4S. The van der Waals surface area contributed by atoms with Crippen molar-refractivity contribution in [3.05, 3.63) is 95.0 Å². The van der Waals surface area contributed by atoms with Crippen molar-refractivity contribution >= 4 is 43.5 Å². The summed E-state index contributed by atoms with van der Waals surface area (Å²) in [4.78, 5) is 28.4. The second kappa shape index (κ2) is 12.9. The zero-order chi connectivity index (χ0) is 27.0. The van der Waals surface area contributed by atoms with Crippen LogP contribution in [0.2, 0.25) is 0 Å². The molecule has 2 amide bonds. The first-order valence-corrected chi connectivity index (χ1v) is 14.3. The zero-order valence-electron chi connectivity index (χ0n) is 21.2. The molecule has 0 heterocycles. The number of nitrogens with one attached hydrogen (secondary N) is 1. The standard InChI is InChI=1S/C28H32BrN3O4S/c1-4-21(2)30-28(34)22(3)31(19-23-12-11-13-24(29)18-23)27(33)20-32(25-14-7-5-8-15-25)37(35,36)26-16-9-6-10-17-26/h5-18,21-22H,4,19-20H2,1-3H3,(H,30,34). The van der Waals surface area contributed by atoms with Crippen molar-refractivity contribution in [2.45, 2.75) is 50.7 Å². The Kier molecular flexibility index (Phi) is 9.88. The van der Waals surface area contributed by atoms with E-state index in [4.69, 9.17) is 0 Å². The maximum atomic E-state index is 13.8. The molecule has 37 heavy (non-hydrogen) atoms. The molecule has 2 atom stereocenters. The fraction of sp³-hybridized carbons (Fsp3) is 0.286. The largest absolute Gasteiger partial charge is 0.352 e. The summed E-state index contributed by atoms with van der Waals surface area (Å²) in [7, 11) is -4.05. The number of anilines is 1. The molecule has 0 saturated carbocycles. The lowest BCUT2D eigenvalue weighted by Gasteiger charge is -2.32. The van der Waals surface area contributed by atoms with Crippen LogP contribution in [0, 0.1) is 0 Å². The average molecular weight is 587 g/mol. The van der Waals surface area contributed by atoms with Crippen LogP contribution in [-0.4, -0.2) is 43.8 Å². The maximum Gasteiger partial charge on any atom is 0.264 e. The minimum absolute atomic E-state index is 0.0583. The Morgan fingerprint density at radius 1 is 0.919 bits per heavy atom. The van der Waals surface area contributed by atoms with Crippen molar-refractivity contribution in [2.24, 2.45) is 0 Å². The summed E-state index contributed by atoms with van der Waals surface area (Å²) in [5, 5.41) is 2.93. The third kappa shape index (κ3) is 7.42. The third-order valence-electron chi connectivity index (χ3n) is 6.06.